The molecule has 0 amide bonds. The molecule has 0 aliphatic rings. The van der Waals surface area contributed by atoms with E-state index in [-0.39, 0.29) is 0 Å². The fourth-order valence-electron chi connectivity index (χ4n) is 0.951. The van der Waals surface area contributed by atoms with E-state index >= 15 is 0 Å². The molecule has 2 heteroatoms. The molecular weight excluding hydrogens is 165 g/mol. The van der Waals surface area contributed by atoms with Crippen LogP contribution in [-0.2, 0) is 0 Å². The Hall–Kier alpha value is -0.390. The second kappa shape index (κ2) is 6.16. The highest BCUT2D eigenvalue weighted by Gasteiger charge is 1.88. The SMILES string of the molecule is CCCCNPc1ccccc1. The zero-order valence-electron chi connectivity index (χ0n) is 7.51. The first kappa shape index (κ1) is 9.70. The van der Waals surface area contributed by atoms with Gasteiger partial charge in [0.2, 0.25) is 0 Å². The van der Waals surface area contributed by atoms with Gasteiger partial charge in [0.1, 0.15) is 0 Å². The van der Waals surface area contributed by atoms with Crippen LogP contribution in [0.3, 0.4) is 0 Å². The molecule has 0 fully saturated rings. The summed E-state index contributed by atoms with van der Waals surface area (Å²) in [7, 11) is 0.764. The van der Waals surface area contributed by atoms with Gasteiger partial charge in [-0.1, -0.05) is 43.7 Å². The lowest BCUT2D eigenvalue weighted by Gasteiger charge is -2.02. The second-order valence-corrected chi connectivity index (χ2v) is 3.95. The largest absolute Gasteiger partial charge is 0.295 e. The maximum absolute atomic E-state index is 3.43. The Bertz CT molecular complexity index is 198. The summed E-state index contributed by atoms with van der Waals surface area (Å²) in [6.07, 6.45) is 2.55. The van der Waals surface area contributed by atoms with Gasteiger partial charge in [-0.2, -0.15) is 0 Å². The summed E-state index contributed by atoms with van der Waals surface area (Å²) in [5.74, 6) is 0. The lowest BCUT2D eigenvalue weighted by Crippen LogP contribution is -2.08. The Labute approximate surface area is 76.4 Å². The zero-order chi connectivity index (χ0) is 8.65. The van der Waals surface area contributed by atoms with Crippen LogP contribution in [0.15, 0.2) is 30.3 Å². The number of rotatable bonds is 5. The second-order valence-electron chi connectivity index (χ2n) is 2.77. The minimum Gasteiger partial charge on any atom is -0.295 e. The molecule has 0 aliphatic heterocycles. The molecule has 1 unspecified atom stereocenters. The molecule has 1 aromatic carbocycles. The van der Waals surface area contributed by atoms with Crippen molar-refractivity contribution in [1.29, 1.82) is 0 Å². The van der Waals surface area contributed by atoms with Crippen LogP contribution in [0, 0.1) is 0 Å². The standard InChI is InChI=1S/C10H16NP/c1-2-3-9-11-12-10-7-5-4-6-8-10/h4-8,11-12H,2-3,9H2,1H3. The molecule has 1 atom stereocenters. The van der Waals surface area contributed by atoms with Gasteiger partial charge in [-0.05, 0) is 27.0 Å². The third kappa shape index (κ3) is 3.85. The molecule has 1 nitrogen and oxygen atoms in total. The van der Waals surface area contributed by atoms with E-state index in [2.05, 4.69) is 42.3 Å². The van der Waals surface area contributed by atoms with Crippen molar-refractivity contribution in [2.24, 2.45) is 0 Å². The van der Waals surface area contributed by atoms with Gasteiger partial charge >= 0.3 is 0 Å². The summed E-state index contributed by atoms with van der Waals surface area (Å²) in [6, 6.07) is 10.6. The number of benzene rings is 1. The minimum atomic E-state index is 0.764. The number of hydrogen-bond acceptors (Lipinski definition) is 1. The predicted molar refractivity (Wildman–Crippen MR) is 57.3 cm³/mol. The van der Waals surface area contributed by atoms with Crippen molar-refractivity contribution < 1.29 is 0 Å². The number of unbranched alkanes of at least 4 members (excludes halogenated alkanes) is 1. The zero-order valence-corrected chi connectivity index (χ0v) is 8.51. The molecule has 0 saturated carbocycles. The molecule has 0 aromatic heterocycles. The van der Waals surface area contributed by atoms with Crippen LogP contribution >= 0.6 is 8.73 Å². The van der Waals surface area contributed by atoms with E-state index in [0.717, 1.165) is 15.3 Å². The average Bonchev–Trinajstić information content (AvgIpc) is 2.14. The van der Waals surface area contributed by atoms with Gasteiger partial charge in [-0.3, -0.25) is 5.09 Å². The van der Waals surface area contributed by atoms with Crippen LogP contribution in [0.4, 0.5) is 0 Å². The summed E-state index contributed by atoms with van der Waals surface area (Å²) in [4.78, 5) is 0. The third-order valence-corrected chi connectivity index (χ3v) is 2.71. The van der Waals surface area contributed by atoms with Gasteiger partial charge in [0.25, 0.3) is 0 Å². The molecule has 1 N–H and O–H groups in total. The summed E-state index contributed by atoms with van der Waals surface area (Å²) in [5.41, 5.74) is 0. The number of nitrogens with one attached hydrogen (secondary N) is 1. The van der Waals surface area contributed by atoms with E-state index in [1.807, 2.05) is 0 Å². The smallest absolute Gasteiger partial charge is 0.000947 e. The lowest BCUT2D eigenvalue weighted by atomic mass is 10.3. The molecule has 0 bridgehead atoms. The van der Waals surface area contributed by atoms with Crippen molar-refractivity contribution in [2.45, 2.75) is 19.8 Å². The summed E-state index contributed by atoms with van der Waals surface area (Å²) >= 11 is 0. The van der Waals surface area contributed by atoms with E-state index in [0.29, 0.717) is 0 Å². The fraction of sp³-hybridized carbons (Fsp3) is 0.400. The van der Waals surface area contributed by atoms with Crippen LogP contribution in [0.1, 0.15) is 19.8 Å². The van der Waals surface area contributed by atoms with Crippen LogP contribution in [-0.4, -0.2) is 6.54 Å². The Morgan fingerprint density at radius 1 is 1.25 bits per heavy atom. The lowest BCUT2D eigenvalue weighted by molar-refractivity contribution is 0.775. The topological polar surface area (TPSA) is 12.0 Å². The molecule has 0 radical (unpaired) electrons. The van der Waals surface area contributed by atoms with E-state index in [1.165, 1.54) is 18.1 Å². The number of hydrogen-bond donors (Lipinski definition) is 1. The molecule has 1 rings (SSSR count). The molecule has 66 valence electrons. The first-order valence-corrected chi connectivity index (χ1v) is 5.47. The van der Waals surface area contributed by atoms with Gasteiger partial charge in [-0.15, -0.1) is 0 Å². The molecule has 0 saturated heterocycles. The summed E-state index contributed by atoms with van der Waals surface area (Å²) < 4.78 is 0. The maximum Gasteiger partial charge on any atom is -0.000947 e. The molecule has 0 spiro atoms. The fourth-order valence-corrected chi connectivity index (χ4v) is 1.82. The molecule has 0 aliphatic carbocycles. The van der Waals surface area contributed by atoms with E-state index in [1.54, 1.807) is 0 Å². The van der Waals surface area contributed by atoms with Crippen molar-refractivity contribution in [2.75, 3.05) is 6.54 Å². The van der Waals surface area contributed by atoms with Crippen molar-refractivity contribution in [3.05, 3.63) is 30.3 Å². The minimum absolute atomic E-state index is 0.764. The van der Waals surface area contributed by atoms with E-state index in [4.69, 9.17) is 0 Å². The highest BCUT2D eigenvalue weighted by atomic mass is 31.1. The van der Waals surface area contributed by atoms with Crippen molar-refractivity contribution >= 4 is 14.0 Å². The Kier molecular flexibility index (Phi) is 4.98. The maximum atomic E-state index is 3.43. The summed E-state index contributed by atoms with van der Waals surface area (Å²) in [6.45, 7) is 3.36. The van der Waals surface area contributed by atoms with Crippen LogP contribution in [0.25, 0.3) is 0 Å². The first-order valence-electron chi connectivity index (χ1n) is 4.47. The van der Waals surface area contributed by atoms with Gasteiger partial charge in [0.05, 0.1) is 0 Å². The van der Waals surface area contributed by atoms with E-state index < -0.39 is 0 Å². The van der Waals surface area contributed by atoms with Crippen LogP contribution in [0.5, 0.6) is 0 Å². The Morgan fingerprint density at radius 2 is 2.00 bits per heavy atom. The molecular formula is C10H16NP. The molecule has 1 aromatic rings. The van der Waals surface area contributed by atoms with Gasteiger partial charge in [0, 0.05) is 0 Å². The normalized spacial score (nSPS) is 11.1. The average molecular weight is 181 g/mol. The van der Waals surface area contributed by atoms with E-state index in [9.17, 15) is 0 Å². The quantitative estimate of drug-likeness (QED) is 0.543. The predicted octanol–water partition coefficient (Wildman–Crippen LogP) is 2.30. The Balaban J connectivity index is 2.16. The molecule has 0 heterocycles. The van der Waals surface area contributed by atoms with Gasteiger partial charge in [-0.25, -0.2) is 0 Å². The van der Waals surface area contributed by atoms with Crippen molar-refractivity contribution in [1.82, 2.24) is 5.09 Å². The monoisotopic (exact) mass is 181 g/mol. The van der Waals surface area contributed by atoms with Gasteiger partial charge in [0.15, 0.2) is 0 Å². The Morgan fingerprint density at radius 3 is 2.67 bits per heavy atom. The first-order chi connectivity index (χ1) is 5.93. The van der Waals surface area contributed by atoms with Crippen molar-refractivity contribution in [3.63, 3.8) is 0 Å². The van der Waals surface area contributed by atoms with Crippen LogP contribution in [0.2, 0.25) is 0 Å². The highest BCUT2D eigenvalue weighted by Crippen LogP contribution is 2.03. The highest BCUT2D eigenvalue weighted by molar-refractivity contribution is 7.45. The molecule has 12 heavy (non-hydrogen) atoms. The van der Waals surface area contributed by atoms with Gasteiger partial charge < -0.3 is 0 Å². The third-order valence-electron chi connectivity index (χ3n) is 1.66. The van der Waals surface area contributed by atoms with Crippen LogP contribution < -0.4 is 10.4 Å². The van der Waals surface area contributed by atoms with Crippen molar-refractivity contribution in [3.8, 4) is 0 Å². The summed E-state index contributed by atoms with van der Waals surface area (Å²) in [5, 5.41) is 4.83.